The first-order valence-corrected chi connectivity index (χ1v) is 18.6. The molecule has 0 aromatic rings. The van der Waals surface area contributed by atoms with E-state index < -0.39 is 17.3 Å². The van der Waals surface area contributed by atoms with Gasteiger partial charge in [-0.1, -0.05) is 218 Å². The minimum atomic E-state index is -0.975. The van der Waals surface area contributed by atoms with Crippen LogP contribution < -0.4 is 0 Å². The first-order valence-electron chi connectivity index (χ1n) is 18.6. The summed E-state index contributed by atoms with van der Waals surface area (Å²) in [6, 6.07) is 0. The molecular weight excluding hydrogens is 588 g/mol. The third-order valence-electron chi connectivity index (χ3n) is 7.40. The third-order valence-corrected chi connectivity index (χ3v) is 7.40. The maximum atomic E-state index is 12.0. The van der Waals surface area contributed by atoms with Gasteiger partial charge in [-0.25, -0.2) is 0 Å². The Kier molecular flexibility index (Phi) is 34.6. The number of carbonyl (C=O) groups excluding carboxylic acids is 3. The molecule has 262 valence electrons. The van der Waals surface area contributed by atoms with Crippen LogP contribution in [0.2, 0.25) is 0 Å². The fraction of sp³-hybridized carbons (Fsp3) is 0.444. The van der Waals surface area contributed by atoms with Gasteiger partial charge in [0, 0.05) is 6.42 Å². The van der Waals surface area contributed by atoms with Crippen molar-refractivity contribution in [2.45, 2.75) is 129 Å². The standard InChI is InChI=1S/C45H64O3/c1-3-5-7-9-11-13-15-17-19-21-23-25-27-29-31-33-35-37-39-41-43(46)45(48)44(47)42-40-38-36-34-32-30-28-26-24-22-20-18-16-14-12-10-8-6-4-2/h19-39,41H,3-18,40,42H2,1-2H3. The summed E-state index contributed by atoms with van der Waals surface area (Å²) in [7, 11) is 0. The van der Waals surface area contributed by atoms with E-state index in [0.717, 1.165) is 18.9 Å². The molecule has 3 heteroatoms. The molecule has 0 aromatic heterocycles. The van der Waals surface area contributed by atoms with Crippen molar-refractivity contribution in [3.63, 3.8) is 0 Å². The lowest BCUT2D eigenvalue weighted by molar-refractivity contribution is -0.142. The molecule has 0 rings (SSSR count). The fourth-order valence-corrected chi connectivity index (χ4v) is 4.55. The maximum absolute atomic E-state index is 12.0. The van der Waals surface area contributed by atoms with Gasteiger partial charge in [-0.05, 0) is 38.2 Å². The molecule has 0 bridgehead atoms. The molecule has 0 N–H and O–H groups in total. The maximum Gasteiger partial charge on any atom is 0.268 e. The lowest BCUT2D eigenvalue weighted by Gasteiger charge is -1.98. The molecule has 0 atom stereocenters. The van der Waals surface area contributed by atoms with Gasteiger partial charge in [0.15, 0.2) is 0 Å². The summed E-state index contributed by atoms with van der Waals surface area (Å²) in [5.41, 5.74) is 0. The second-order valence-electron chi connectivity index (χ2n) is 11.8. The molecule has 0 unspecified atom stereocenters. The number of unbranched alkanes of at least 4 members (excludes halogenated alkanes) is 14. The molecule has 0 aliphatic carbocycles. The van der Waals surface area contributed by atoms with Crippen LogP contribution in [0.15, 0.2) is 134 Å². The predicted molar refractivity (Wildman–Crippen MR) is 210 cm³/mol. The Balaban J connectivity index is 4.01. The molecule has 3 nitrogen and oxygen atoms in total. The lowest BCUT2D eigenvalue weighted by atomic mass is 10.1. The van der Waals surface area contributed by atoms with Crippen LogP contribution in [0.5, 0.6) is 0 Å². The van der Waals surface area contributed by atoms with Crippen molar-refractivity contribution in [2.24, 2.45) is 0 Å². The van der Waals surface area contributed by atoms with E-state index in [1.165, 1.54) is 96.0 Å². The zero-order valence-corrected chi connectivity index (χ0v) is 30.2. The van der Waals surface area contributed by atoms with Gasteiger partial charge in [0.05, 0.1) is 0 Å². The molecule has 0 radical (unpaired) electrons. The molecule has 48 heavy (non-hydrogen) atoms. The van der Waals surface area contributed by atoms with Crippen LogP contribution in [0.25, 0.3) is 0 Å². The second kappa shape index (κ2) is 37.6. The monoisotopic (exact) mass is 652 g/mol. The number of ketones is 3. The molecule has 0 heterocycles. The van der Waals surface area contributed by atoms with E-state index in [1.54, 1.807) is 12.2 Å². The van der Waals surface area contributed by atoms with Crippen molar-refractivity contribution in [1.29, 1.82) is 0 Å². The van der Waals surface area contributed by atoms with Gasteiger partial charge in [0.1, 0.15) is 0 Å². The second-order valence-corrected chi connectivity index (χ2v) is 11.8. The van der Waals surface area contributed by atoms with Crippen LogP contribution >= 0.6 is 0 Å². The van der Waals surface area contributed by atoms with Gasteiger partial charge in [0.25, 0.3) is 5.78 Å². The first kappa shape index (κ1) is 44.1. The van der Waals surface area contributed by atoms with Crippen LogP contribution in [0.3, 0.4) is 0 Å². The number of Topliss-reactive ketones (excluding diaryl/α,β-unsaturated/α-hetero) is 2. The number of allylic oxidation sites excluding steroid dienone is 22. The van der Waals surface area contributed by atoms with E-state index in [0.29, 0.717) is 6.42 Å². The van der Waals surface area contributed by atoms with Crippen molar-refractivity contribution in [3.8, 4) is 0 Å². The van der Waals surface area contributed by atoms with Crippen molar-refractivity contribution < 1.29 is 14.4 Å². The summed E-state index contributed by atoms with van der Waals surface area (Å²) in [6.45, 7) is 4.50. The Morgan fingerprint density at radius 1 is 0.354 bits per heavy atom. The largest absolute Gasteiger partial charge is 0.290 e. The Morgan fingerprint density at radius 3 is 1.06 bits per heavy atom. The third kappa shape index (κ3) is 33.5. The quantitative estimate of drug-likeness (QED) is 0.0246. The molecule has 0 aromatic carbocycles. The van der Waals surface area contributed by atoms with E-state index in [-0.39, 0.29) is 6.42 Å². The van der Waals surface area contributed by atoms with Crippen LogP contribution in [0.1, 0.15) is 129 Å². The van der Waals surface area contributed by atoms with Crippen molar-refractivity contribution in [3.05, 3.63) is 134 Å². The summed E-state index contributed by atoms with van der Waals surface area (Å²) in [4.78, 5) is 36.1. The molecular formula is C45H64O3. The summed E-state index contributed by atoms with van der Waals surface area (Å²) >= 11 is 0. The zero-order chi connectivity index (χ0) is 35.0. The molecule has 0 fully saturated rings. The molecule has 0 amide bonds. The number of rotatable bonds is 31. The summed E-state index contributed by atoms with van der Waals surface area (Å²) in [5.74, 6) is -2.44. The topological polar surface area (TPSA) is 51.2 Å². The summed E-state index contributed by atoms with van der Waals surface area (Å²) in [5, 5.41) is 0. The SMILES string of the molecule is CCCCCCCCCC=CC=CC=CC=CC=CC=CC(=O)C(=O)C(=O)CCC=CC=CC=CC=CC=CCCCCCCCCC. The Bertz CT molecular complexity index is 1140. The van der Waals surface area contributed by atoms with Crippen molar-refractivity contribution in [1.82, 2.24) is 0 Å². The molecule has 0 spiro atoms. The van der Waals surface area contributed by atoms with Gasteiger partial charge in [-0.15, -0.1) is 0 Å². The summed E-state index contributed by atoms with van der Waals surface area (Å²) in [6.07, 6.45) is 62.9. The van der Waals surface area contributed by atoms with Crippen LogP contribution in [0.4, 0.5) is 0 Å². The summed E-state index contributed by atoms with van der Waals surface area (Å²) < 4.78 is 0. The normalized spacial score (nSPS) is 13.2. The van der Waals surface area contributed by atoms with Crippen molar-refractivity contribution in [2.75, 3.05) is 0 Å². The van der Waals surface area contributed by atoms with Crippen LogP contribution in [0, 0.1) is 0 Å². The minimum Gasteiger partial charge on any atom is -0.290 e. The first-order chi connectivity index (χ1) is 23.6. The number of hydrogen-bond acceptors (Lipinski definition) is 3. The Hall–Kier alpha value is -3.85. The molecule has 0 saturated carbocycles. The molecule has 0 aliphatic heterocycles. The van der Waals surface area contributed by atoms with Crippen LogP contribution in [-0.4, -0.2) is 17.3 Å². The van der Waals surface area contributed by atoms with Crippen LogP contribution in [-0.2, 0) is 14.4 Å². The van der Waals surface area contributed by atoms with Crippen molar-refractivity contribution >= 4 is 17.3 Å². The fourth-order valence-electron chi connectivity index (χ4n) is 4.55. The predicted octanol–water partition coefficient (Wildman–Crippen LogP) is 12.9. The van der Waals surface area contributed by atoms with Gasteiger partial charge in [-0.2, -0.15) is 0 Å². The lowest BCUT2D eigenvalue weighted by Crippen LogP contribution is -2.21. The van der Waals surface area contributed by atoms with E-state index in [1.807, 2.05) is 85.1 Å². The highest BCUT2D eigenvalue weighted by molar-refractivity contribution is 6.66. The highest BCUT2D eigenvalue weighted by Gasteiger charge is 2.18. The van der Waals surface area contributed by atoms with E-state index >= 15 is 0 Å². The highest BCUT2D eigenvalue weighted by Crippen LogP contribution is 2.09. The minimum absolute atomic E-state index is 0.0147. The van der Waals surface area contributed by atoms with Gasteiger partial charge >= 0.3 is 0 Å². The smallest absolute Gasteiger partial charge is 0.268 e. The number of carbonyl (C=O) groups is 3. The number of hydrogen-bond donors (Lipinski definition) is 0. The molecule has 0 aliphatic rings. The Morgan fingerprint density at radius 2 is 0.667 bits per heavy atom. The van der Waals surface area contributed by atoms with Gasteiger partial charge < -0.3 is 0 Å². The average Bonchev–Trinajstić information content (AvgIpc) is 3.09. The average molecular weight is 653 g/mol. The zero-order valence-electron chi connectivity index (χ0n) is 30.2. The highest BCUT2D eigenvalue weighted by atomic mass is 16.2. The van der Waals surface area contributed by atoms with E-state index in [2.05, 4.69) is 38.2 Å². The van der Waals surface area contributed by atoms with E-state index in [4.69, 9.17) is 0 Å². The Labute approximate surface area is 294 Å². The van der Waals surface area contributed by atoms with Gasteiger partial charge in [0.2, 0.25) is 11.6 Å². The van der Waals surface area contributed by atoms with E-state index in [9.17, 15) is 14.4 Å². The molecule has 0 saturated heterocycles. The van der Waals surface area contributed by atoms with Gasteiger partial charge in [-0.3, -0.25) is 14.4 Å².